The van der Waals surface area contributed by atoms with E-state index in [0.29, 0.717) is 13.0 Å². The summed E-state index contributed by atoms with van der Waals surface area (Å²) < 4.78 is 12.1. The van der Waals surface area contributed by atoms with Gasteiger partial charge in [-0.15, -0.1) is 11.3 Å². The minimum Gasteiger partial charge on any atom is -0.412 e. The fraction of sp³-hybridized carbons (Fsp3) is 0.548. The van der Waals surface area contributed by atoms with Crippen molar-refractivity contribution in [2.75, 3.05) is 6.54 Å². The van der Waals surface area contributed by atoms with Crippen LogP contribution in [0.25, 0.3) is 10.4 Å². The zero-order valence-corrected chi connectivity index (χ0v) is 27.9. The van der Waals surface area contributed by atoms with Crippen molar-refractivity contribution in [1.82, 2.24) is 20.4 Å². The van der Waals surface area contributed by atoms with Crippen molar-refractivity contribution in [3.63, 3.8) is 0 Å². The minimum atomic E-state index is -2.16. The zero-order chi connectivity index (χ0) is 31.0. The molecule has 1 aliphatic heterocycles. The number of nitrogens with zero attached hydrogens (tertiary/aromatic N) is 2. The normalized spacial score (nSPS) is 19.2. The number of nitrogens with one attached hydrogen (secondary N) is 2. The van der Waals surface area contributed by atoms with Crippen LogP contribution < -0.4 is 10.9 Å². The molecule has 11 heteroatoms. The number of aryl methyl sites for hydroxylation is 1. The van der Waals surface area contributed by atoms with Crippen molar-refractivity contribution in [2.24, 2.45) is 5.92 Å². The Hall–Kier alpha value is -3.02. The van der Waals surface area contributed by atoms with Gasteiger partial charge in [0.1, 0.15) is 12.0 Å². The highest BCUT2D eigenvalue weighted by atomic mass is 32.1. The van der Waals surface area contributed by atoms with Crippen LogP contribution in [-0.4, -0.2) is 53.9 Å². The standard InChI is InChI=1S/C31H44N4O5SSi/c1-18(2)27(25-15-26(36)34-39-25)30(38)35-16-23(40-42(8,9)31(5,6)7)14-24(35)29(37)33-19(3)21-10-12-22(13-11-21)28-20(4)32-17-41-28/h10-13,15,17-19,23-24,27H,14,16H2,1-9H3,(H,33,37)(H,34,36)/t19-,23+,24+,27?/m0/s1. The van der Waals surface area contributed by atoms with Crippen LogP contribution in [0.15, 0.2) is 45.2 Å². The quantitative estimate of drug-likeness (QED) is 0.286. The first kappa shape index (κ1) is 31.9. The predicted octanol–water partition coefficient (Wildman–Crippen LogP) is 6.01. The van der Waals surface area contributed by atoms with Crippen LogP contribution in [-0.2, 0) is 14.0 Å². The molecule has 1 fully saturated rings. The summed E-state index contributed by atoms with van der Waals surface area (Å²) in [4.78, 5) is 46.9. The van der Waals surface area contributed by atoms with Crippen molar-refractivity contribution < 1.29 is 18.5 Å². The summed E-state index contributed by atoms with van der Waals surface area (Å²) in [5.74, 6) is -1.05. The van der Waals surface area contributed by atoms with E-state index in [1.807, 2.05) is 57.5 Å². The highest BCUT2D eigenvalue weighted by molar-refractivity contribution is 7.13. The molecule has 1 aromatic carbocycles. The second kappa shape index (κ2) is 12.3. The lowest BCUT2D eigenvalue weighted by molar-refractivity contribution is -0.141. The van der Waals surface area contributed by atoms with Gasteiger partial charge in [-0.2, -0.15) is 5.16 Å². The zero-order valence-electron chi connectivity index (χ0n) is 26.1. The van der Waals surface area contributed by atoms with E-state index < -0.39 is 25.8 Å². The summed E-state index contributed by atoms with van der Waals surface area (Å²) in [6, 6.07) is 8.47. The SMILES string of the molecule is Cc1ncsc1-c1ccc([C@H](C)NC(=O)[C@H]2C[C@@H](O[Si](C)(C)C(C)(C)C)CN2C(=O)C(c2cc(=O)[nH]o2)C(C)C)cc1. The third-order valence-corrected chi connectivity index (χ3v) is 14.2. The molecule has 42 heavy (non-hydrogen) atoms. The molecular formula is C31H44N4O5SSi. The number of aromatic nitrogens is 2. The Bertz CT molecular complexity index is 1450. The van der Waals surface area contributed by atoms with Crippen LogP contribution in [0.1, 0.15) is 76.9 Å². The summed E-state index contributed by atoms with van der Waals surface area (Å²) in [6.45, 7) is 18.9. The van der Waals surface area contributed by atoms with E-state index in [-0.39, 0.29) is 40.7 Å². The van der Waals surface area contributed by atoms with Crippen molar-refractivity contribution >= 4 is 31.5 Å². The van der Waals surface area contributed by atoms with Gasteiger partial charge in [0, 0.05) is 19.0 Å². The molecular weight excluding hydrogens is 569 g/mol. The third-order valence-electron chi connectivity index (χ3n) is 8.68. The van der Waals surface area contributed by atoms with Crippen molar-refractivity contribution in [2.45, 2.75) is 97.1 Å². The number of thiazole rings is 1. The molecule has 3 heterocycles. The summed E-state index contributed by atoms with van der Waals surface area (Å²) in [7, 11) is -2.16. The number of benzene rings is 1. The molecule has 1 aliphatic rings. The number of carbonyl (C=O) groups is 2. The van der Waals surface area contributed by atoms with Crippen LogP contribution in [0, 0.1) is 12.8 Å². The van der Waals surface area contributed by atoms with E-state index in [4.69, 9.17) is 8.95 Å². The van der Waals surface area contributed by atoms with Crippen LogP contribution in [0.4, 0.5) is 0 Å². The highest BCUT2D eigenvalue weighted by Gasteiger charge is 2.47. The van der Waals surface area contributed by atoms with E-state index in [1.165, 1.54) is 6.07 Å². The van der Waals surface area contributed by atoms with Gasteiger partial charge in [0.2, 0.25) is 11.8 Å². The van der Waals surface area contributed by atoms with Gasteiger partial charge in [0.15, 0.2) is 14.1 Å². The Morgan fingerprint density at radius 2 is 1.86 bits per heavy atom. The third kappa shape index (κ3) is 6.79. The first-order chi connectivity index (χ1) is 19.6. The fourth-order valence-corrected chi connectivity index (χ4v) is 7.40. The summed E-state index contributed by atoms with van der Waals surface area (Å²) in [6.07, 6.45) is 0.135. The van der Waals surface area contributed by atoms with Gasteiger partial charge in [-0.3, -0.25) is 14.4 Å². The van der Waals surface area contributed by atoms with Crippen LogP contribution in [0.5, 0.6) is 0 Å². The first-order valence-electron chi connectivity index (χ1n) is 14.6. The number of H-pyrrole nitrogens is 1. The number of likely N-dealkylation sites (tertiary alicyclic amines) is 1. The molecule has 9 nitrogen and oxygen atoms in total. The lowest BCUT2D eigenvalue weighted by atomic mass is 9.91. The Balaban J connectivity index is 1.57. The van der Waals surface area contributed by atoms with Crippen LogP contribution in [0.2, 0.25) is 18.1 Å². The molecule has 4 atom stereocenters. The summed E-state index contributed by atoms with van der Waals surface area (Å²) in [5.41, 5.74) is 4.49. The molecule has 228 valence electrons. The van der Waals surface area contributed by atoms with Crippen LogP contribution >= 0.6 is 11.3 Å². The first-order valence-corrected chi connectivity index (χ1v) is 18.4. The van der Waals surface area contributed by atoms with Crippen molar-refractivity contribution in [1.29, 1.82) is 0 Å². The van der Waals surface area contributed by atoms with Gasteiger partial charge >= 0.3 is 0 Å². The molecule has 2 N–H and O–H groups in total. The van der Waals surface area contributed by atoms with Gasteiger partial charge in [-0.25, -0.2) is 4.98 Å². The van der Waals surface area contributed by atoms with E-state index in [0.717, 1.165) is 21.7 Å². The smallest absolute Gasteiger partial charge is 0.280 e. The molecule has 2 amide bonds. The highest BCUT2D eigenvalue weighted by Crippen LogP contribution is 2.40. The largest absolute Gasteiger partial charge is 0.412 e. The number of hydrogen-bond acceptors (Lipinski definition) is 7. The fourth-order valence-electron chi connectivity index (χ4n) is 5.23. The van der Waals surface area contributed by atoms with Gasteiger partial charge in [-0.05, 0) is 49.0 Å². The van der Waals surface area contributed by atoms with Crippen LogP contribution in [0.3, 0.4) is 0 Å². The molecule has 1 unspecified atom stereocenters. The van der Waals surface area contributed by atoms with Gasteiger partial charge < -0.3 is 19.2 Å². The molecule has 1 saturated heterocycles. The Morgan fingerprint density at radius 1 is 1.19 bits per heavy atom. The van der Waals surface area contributed by atoms with Crippen molar-refractivity contribution in [3.05, 3.63) is 63.2 Å². The number of hydrogen-bond donors (Lipinski definition) is 2. The molecule has 0 spiro atoms. The number of aromatic amines is 1. The molecule has 2 aromatic heterocycles. The van der Waals surface area contributed by atoms with Gasteiger partial charge in [-0.1, -0.05) is 58.9 Å². The van der Waals surface area contributed by atoms with Gasteiger partial charge in [0.25, 0.3) is 5.56 Å². The second-order valence-corrected chi connectivity index (χ2v) is 18.8. The van der Waals surface area contributed by atoms with E-state index in [2.05, 4.69) is 49.3 Å². The van der Waals surface area contributed by atoms with E-state index in [9.17, 15) is 14.4 Å². The van der Waals surface area contributed by atoms with Crippen molar-refractivity contribution in [3.8, 4) is 10.4 Å². The average molecular weight is 613 g/mol. The maximum atomic E-state index is 14.1. The summed E-state index contributed by atoms with van der Waals surface area (Å²) >= 11 is 1.60. The molecule has 0 aliphatic carbocycles. The lowest BCUT2D eigenvalue weighted by Crippen LogP contribution is -2.48. The Labute approximate surface area is 253 Å². The average Bonchev–Trinajstić information content (AvgIpc) is 3.63. The summed E-state index contributed by atoms with van der Waals surface area (Å²) in [5, 5.41) is 5.43. The minimum absolute atomic E-state index is 0.0183. The topological polar surface area (TPSA) is 118 Å². The maximum Gasteiger partial charge on any atom is 0.280 e. The predicted molar refractivity (Wildman–Crippen MR) is 168 cm³/mol. The molecule has 0 radical (unpaired) electrons. The second-order valence-electron chi connectivity index (χ2n) is 13.2. The number of amides is 2. The molecule has 4 rings (SSSR count). The number of rotatable bonds is 9. The monoisotopic (exact) mass is 612 g/mol. The van der Waals surface area contributed by atoms with E-state index in [1.54, 1.807) is 16.2 Å². The number of carbonyl (C=O) groups excluding carboxylic acids is 2. The Kier molecular flexibility index (Phi) is 9.34. The van der Waals surface area contributed by atoms with E-state index >= 15 is 0 Å². The van der Waals surface area contributed by atoms with Gasteiger partial charge in [0.05, 0.1) is 28.2 Å². The lowest BCUT2D eigenvalue weighted by Gasteiger charge is -2.38. The molecule has 0 bridgehead atoms. The maximum absolute atomic E-state index is 14.1. The molecule has 3 aromatic rings. The molecule has 0 saturated carbocycles. The Morgan fingerprint density at radius 3 is 2.38 bits per heavy atom.